The van der Waals surface area contributed by atoms with Crippen LogP contribution in [-0.4, -0.2) is 5.91 Å². The van der Waals surface area contributed by atoms with Crippen LogP contribution in [0.3, 0.4) is 0 Å². The van der Waals surface area contributed by atoms with Gasteiger partial charge < -0.3 is 5.32 Å². The molecule has 0 radical (unpaired) electrons. The molecule has 2 rings (SSSR count). The number of hydrogen-bond acceptors (Lipinski definition) is 2. The van der Waals surface area contributed by atoms with E-state index in [9.17, 15) is 4.79 Å². The van der Waals surface area contributed by atoms with Gasteiger partial charge in [0.05, 0.1) is 13.1 Å². The molecule has 1 aromatic carbocycles. The van der Waals surface area contributed by atoms with Crippen LogP contribution in [0.2, 0.25) is 0 Å². The Bertz CT molecular complexity index is 553. The fraction of sp³-hybridized carbons (Fsp3) is 0. The van der Waals surface area contributed by atoms with Crippen molar-refractivity contribution in [3.63, 3.8) is 0 Å². The van der Waals surface area contributed by atoms with Gasteiger partial charge in [-0.25, -0.2) is 0 Å². The zero-order chi connectivity index (χ0) is 12.4. The molecule has 0 atom stereocenters. The van der Waals surface area contributed by atoms with E-state index in [0.29, 0.717) is 5.56 Å². The van der Waals surface area contributed by atoms with E-state index in [1.165, 1.54) is 11.3 Å². The lowest BCUT2D eigenvalue weighted by atomic mass is 10.3. The summed E-state index contributed by atoms with van der Waals surface area (Å²) in [6.07, 6.45) is 0. The Balaban J connectivity index is 2.17. The highest BCUT2D eigenvalue weighted by molar-refractivity contribution is 14.1. The highest BCUT2D eigenvalue weighted by Crippen LogP contribution is 2.32. The Hall–Kier alpha value is 0.0800. The van der Waals surface area contributed by atoms with Crippen molar-refractivity contribution in [3.05, 3.63) is 47.0 Å². The van der Waals surface area contributed by atoms with E-state index in [1.807, 2.05) is 24.3 Å². The summed E-state index contributed by atoms with van der Waals surface area (Å²) in [5.41, 5.74) is 1.44. The van der Waals surface area contributed by atoms with Crippen LogP contribution in [0.4, 0.5) is 5.69 Å². The van der Waals surface area contributed by atoms with E-state index in [0.717, 1.165) is 16.8 Å². The van der Waals surface area contributed by atoms with Gasteiger partial charge in [0, 0.05) is 9.26 Å². The highest BCUT2D eigenvalue weighted by Gasteiger charge is 2.13. The quantitative estimate of drug-likeness (QED) is 0.586. The number of carbonyl (C=O) groups is 1. The maximum atomic E-state index is 12.0. The van der Waals surface area contributed by atoms with Gasteiger partial charge in [-0.3, -0.25) is 4.79 Å². The van der Waals surface area contributed by atoms with E-state index in [-0.39, 0.29) is 5.91 Å². The van der Waals surface area contributed by atoms with Crippen molar-refractivity contribution >= 4 is 77.4 Å². The molecule has 0 saturated carbocycles. The molecule has 2 aromatic rings. The third-order valence-electron chi connectivity index (χ3n) is 2.00. The molecule has 0 aliphatic carbocycles. The molecule has 1 aromatic heterocycles. The molecule has 0 fully saturated rings. The number of hydrogen-bond donors (Lipinski definition) is 1. The maximum Gasteiger partial charge on any atom is 0.257 e. The Morgan fingerprint density at radius 3 is 2.41 bits per heavy atom. The number of carbonyl (C=O) groups excluding carboxylic acids is 1. The molecular weight excluding hydrogens is 481 g/mol. The second kappa shape index (κ2) is 5.81. The molecule has 6 heteroatoms. The van der Waals surface area contributed by atoms with Crippen molar-refractivity contribution < 1.29 is 4.79 Å². The Labute approximate surface area is 133 Å². The van der Waals surface area contributed by atoms with Gasteiger partial charge in [0.15, 0.2) is 0 Å². The summed E-state index contributed by atoms with van der Waals surface area (Å²) in [6.45, 7) is 0. The molecule has 0 aliphatic heterocycles. The van der Waals surface area contributed by atoms with Crippen LogP contribution in [0.25, 0.3) is 0 Å². The first-order valence-electron chi connectivity index (χ1n) is 4.58. The summed E-state index contributed by atoms with van der Waals surface area (Å²) in [5.74, 6) is -0.111. The number of benzene rings is 1. The molecule has 0 aliphatic rings. The third kappa shape index (κ3) is 3.52. The topological polar surface area (TPSA) is 29.1 Å². The molecule has 0 unspecified atom stereocenters. The van der Waals surface area contributed by atoms with Crippen LogP contribution in [0, 0.1) is 3.57 Å². The van der Waals surface area contributed by atoms with Gasteiger partial charge in [0.2, 0.25) is 0 Å². The van der Waals surface area contributed by atoms with Crippen molar-refractivity contribution in [3.8, 4) is 0 Å². The van der Waals surface area contributed by atoms with Crippen molar-refractivity contribution in [1.29, 1.82) is 0 Å². The molecule has 88 valence electrons. The molecule has 0 bridgehead atoms. The van der Waals surface area contributed by atoms with Gasteiger partial charge in [-0.1, -0.05) is 0 Å². The molecule has 0 saturated heterocycles. The normalized spacial score (nSPS) is 10.3. The summed E-state index contributed by atoms with van der Waals surface area (Å²) in [6, 6.07) is 9.48. The molecule has 17 heavy (non-hydrogen) atoms. The Morgan fingerprint density at radius 2 is 1.88 bits per heavy atom. The summed E-state index contributed by atoms with van der Waals surface area (Å²) in [5, 5.41) is 2.85. The molecule has 1 N–H and O–H groups in total. The lowest BCUT2D eigenvalue weighted by Gasteiger charge is -2.04. The fourth-order valence-electron chi connectivity index (χ4n) is 1.23. The summed E-state index contributed by atoms with van der Waals surface area (Å²) in [7, 11) is 0. The standard InChI is InChI=1S/C11H6Br2INOS/c12-9-5-8(10(13)17-9)11(16)15-7-3-1-6(14)2-4-7/h1-5H,(H,15,16). The SMILES string of the molecule is O=C(Nc1ccc(I)cc1)c1cc(Br)sc1Br. The lowest BCUT2D eigenvalue weighted by Crippen LogP contribution is -2.11. The molecule has 1 amide bonds. The number of nitrogens with one attached hydrogen (secondary N) is 1. The first-order chi connectivity index (χ1) is 8.06. The largest absolute Gasteiger partial charge is 0.322 e. The smallest absolute Gasteiger partial charge is 0.257 e. The summed E-state index contributed by atoms with van der Waals surface area (Å²) >= 11 is 10.4. The van der Waals surface area contributed by atoms with Crippen molar-refractivity contribution in [2.45, 2.75) is 0 Å². The predicted molar refractivity (Wildman–Crippen MR) is 86.8 cm³/mol. The average Bonchev–Trinajstić information content (AvgIpc) is 2.61. The van der Waals surface area contributed by atoms with E-state index in [2.05, 4.69) is 59.8 Å². The average molecular weight is 487 g/mol. The van der Waals surface area contributed by atoms with Crippen molar-refractivity contribution in [2.75, 3.05) is 5.32 Å². The fourth-order valence-corrected chi connectivity index (χ4v) is 4.38. The minimum absolute atomic E-state index is 0.111. The van der Waals surface area contributed by atoms with E-state index in [1.54, 1.807) is 6.07 Å². The summed E-state index contributed by atoms with van der Waals surface area (Å²) < 4.78 is 2.89. The number of rotatable bonds is 2. The maximum absolute atomic E-state index is 12.0. The van der Waals surface area contributed by atoms with Crippen LogP contribution in [0.15, 0.2) is 37.9 Å². The number of amides is 1. The van der Waals surface area contributed by atoms with Crippen LogP contribution < -0.4 is 5.32 Å². The van der Waals surface area contributed by atoms with Gasteiger partial charge >= 0.3 is 0 Å². The van der Waals surface area contributed by atoms with Gasteiger partial charge in [-0.15, -0.1) is 11.3 Å². The van der Waals surface area contributed by atoms with Crippen LogP contribution in [0.5, 0.6) is 0 Å². The van der Waals surface area contributed by atoms with Gasteiger partial charge in [-0.05, 0) is 84.8 Å². The van der Waals surface area contributed by atoms with Crippen LogP contribution in [0.1, 0.15) is 10.4 Å². The van der Waals surface area contributed by atoms with Gasteiger partial charge in [-0.2, -0.15) is 0 Å². The Kier molecular flexibility index (Phi) is 4.62. The minimum Gasteiger partial charge on any atom is -0.322 e. The second-order valence-electron chi connectivity index (χ2n) is 3.20. The Morgan fingerprint density at radius 1 is 1.24 bits per heavy atom. The van der Waals surface area contributed by atoms with E-state index >= 15 is 0 Å². The summed E-state index contributed by atoms with van der Waals surface area (Å²) in [4.78, 5) is 12.0. The molecule has 2 nitrogen and oxygen atoms in total. The van der Waals surface area contributed by atoms with E-state index in [4.69, 9.17) is 0 Å². The highest BCUT2D eigenvalue weighted by atomic mass is 127. The molecular formula is C11H6Br2INOS. The predicted octanol–water partition coefficient (Wildman–Crippen LogP) is 5.13. The first-order valence-corrected chi connectivity index (χ1v) is 8.06. The molecule has 1 heterocycles. The monoisotopic (exact) mass is 485 g/mol. The van der Waals surface area contributed by atoms with Gasteiger partial charge in [0.25, 0.3) is 5.91 Å². The lowest BCUT2D eigenvalue weighted by molar-refractivity contribution is 0.102. The van der Waals surface area contributed by atoms with Crippen LogP contribution in [-0.2, 0) is 0 Å². The number of halogens is 3. The van der Waals surface area contributed by atoms with Crippen molar-refractivity contribution in [1.82, 2.24) is 0 Å². The van der Waals surface area contributed by atoms with E-state index < -0.39 is 0 Å². The van der Waals surface area contributed by atoms with Crippen molar-refractivity contribution in [2.24, 2.45) is 0 Å². The first kappa shape index (κ1) is 13.5. The second-order valence-corrected chi connectivity index (χ2v) is 8.19. The third-order valence-corrected chi connectivity index (χ3v) is 5.06. The zero-order valence-corrected chi connectivity index (χ0v) is 14.5. The van der Waals surface area contributed by atoms with Crippen LogP contribution >= 0.6 is 65.8 Å². The van der Waals surface area contributed by atoms with Gasteiger partial charge in [0.1, 0.15) is 0 Å². The minimum atomic E-state index is -0.111. The number of anilines is 1. The molecule has 0 spiro atoms. The zero-order valence-electron chi connectivity index (χ0n) is 8.34. The number of thiophene rings is 1.